The Morgan fingerprint density at radius 3 is 2.03 bits per heavy atom. The second-order valence-corrected chi connectivity index (χ2v) is 6.86. The van der Waals surface area contributed by atoms with Gasteiger partial charge in [-0.05, 0) is 24.3 Å². The number of benzene rings is 3. The van der Waals surface area contributed by atoms with E-state index in [0.717, 1.165) is 24.3 Å². The Labute approximate surface area is 178 Å². The molecular formula is C22H14ClF6NO. The fourth-order valence-corrected chi connectivity index (χ4v) is 3.07. The molecule has 162 valence electrons. The van der Waals surface area contributed by atoms with E-state index in [9.17, 15) is 26.3 Å². The minimum absolute atomic E-state index is 0.0362. The molecule has 0 atom stereocenters. The molecule has 0 aromatic heterocycles. The van der Waals surface area contributed by atoms with E-state index < -0.39 is 30.1 Å². The molecule has 31 heavy (non-hydrogen) atoms. The van der Waals surface area contributed by atoms with Gasteiger partial charge in [0.05, 0.1) is 11.1 Å². The second kappa shape index (κ2) is 9.01. The third-order valence-electron chi connectivity index (χ3n) is 4.29. The average Bonchev–Trinajstić information content (AvgIpc) is 2.70. The maximum Gasteiger partial charge on any atom is 0.417 e. The minimum Gasteiger partial charge on any atom is -0.390 e. The fraction of sp³-hybridized carbons (Fsp3) is 0.136. The van der Waals surface area contributed by atoms with Crippen LogP contribution in [0.2, 0.25) is 5.02 Å². The minimum atomic E-state index is -4.71. The summed E-state index contributed by atoms with van der Waals surface area (Å²) in [5.41, 5.74) is -2.40. The van der Waals surface area contributed by atoms with Gasteiger partial charge in [-0.1, -0.05) is 65.3 Å². The lowest BCUT2D eigenvalue weighted by atomic mass is 9.97. The smallest absolute Gasteiger partial charge is 0.390 e. The van der Waals surface area contributed by atoms with E-state index in [-0.39, 0.29) is 27.4 Å². The summed E-state index contributed by atoms with van der Waals surface area (Å²) < 4.78 is 80.2. The standard InChI is InChI=1S/C22H14ClF6NO/c23-16-10-11-19(22(27,28)29)17(12-16)20(14-6-2-1-3-7-14)30-31-13-15-8-4-5-9-18(15)21(24,25)26/h1-12H,13H2/b30-20+. The van der Waals surface area contributed by atoms with Crippen molar-refractivity contribution in [3.05, 3.63) is 106 Å². The Morgan fingerprint density at radius 2 is 1.39 bits per heavy atom. The SMILES string of the molecule is FC(F)(F)c1ccccc1CO/N=C(\c1ccccc1)c1cc(Cl)ccc1C(F)(F)F. The summed E-state index contributed by atoms with van der Waals surface area (Å²) in [4.78, 5) is 5.11. The molecule has 0 amide bonds. The summed E-state index contributed by atoms with van der Waals surface area (Å²) in [6.45, 7) is -0.589. The van der Waals surface area contributed by atoms with Gasteiger partial charge in [-0.2, -0.15) is 26.3 Å². The van der Waals surface area contributed by atoms with Crippen molar-refractivity contribution in [3.8, 4) is 0 Å². The zero-order chi connectivity index (χ0) is 22.6. The first-order valence-electron chi connectivity index (χ1n) is 8.85. The summed E-state index contributed by atoms with van der Waals surface area (Å²) in [5, 5.41) is 3.82. The van der Waals surface area contributed by atoms with Crippen molar-refractivity contribution in [3.63, 3.8) is 0 Å². The first kappa shape index (κ1) is 22.7. The highest BCUT2D eigenvalue weighted by molar-refractivity contribution is 6.31. The van der Waals surface area contributed by atoms with E-state index in [2.05, 4.69) is 5.16 Å². The highest BCUT2D eigenvalue weighted by atomic mass is 35.5. The van der Waals surface area contributed by atoms with Crippen LogP contribution in [-0.4, -0.2) is 5.71 Å². The Hall–Kier alpha value is -3.00. The highest BCUT2D eigenvalue weighted by Gasteiger charge is 2.35. The van der Waals surface area contributed by atoms with Crippen LogP contribution in [0.4, 0.5) is 26.3 Å². The molecule has 0 aliphatic heterocycles. The lowest BCUT2D eigenvalue weighted by Gasteiger charge is -2.16. The highest BCUT2D eigenvalue weighted by Crippen LogP contribution is 2.35. The van der Waals surface area contributed by atoms with Gasteiger partial charge >= 0.3 is 12.4 Å². The lowest BCUT2D eigenvalue weighted by molar-refractivity contribution is -0.139. The van der Waals surface area contributed by atoms with E-state index in [1.54, 1.807) is 18.2 Å². The molecule has 0 N–H and O–H groups in total. The average molecular weight is 458 g/mol. The molecule has 0 spiro atoms. The molecule has 9 heteroatoms. The number of nitrogens with zero attached hydrogens (tertiary/aromatic N) is 1. The number of oxime groups is 1. The first-order valence-corrected chi connectivity index (χ1v) is 9.23. The number of hydrogen-bond acceptors (Lipinski definition) is 2. The lowest BCUT2D eigenvalue weighted by Crippen LogP contribution is -2.15. The van der Waals surface area contributed by atoms with Crippen molar-refractivity contribution in [2.45, 2.75) is 19.0 Å². The van der Waals surface area contributed by atoms with Gasteiger partial charge in [0.25, 0.3) is 0 Å². The number of halogens is 7. The van der Waals surface area contributed by atoms with E-state index in [1.807, 2.05) is 0 Å². The predicted molar refractivity (Wildman–Crippen MR) is 105 cm³/mol. The third-order valence-corrected chi connectivity index (χ3v) is 4.52. The molecule has 0 bridgehead atoms. The van der Waals surface area contributed by atoms with Crippen LogP contribution in [0.25, 0.3) is 0 Å². The second-order valence-electron chi connectivity index (χ2n) is 6.42. The van der Waals surface area contributed by atoms with E-state index in [4.69, 9.17) is 16.4 Å². The molecule has 3 rings (SSSR count). The number of rotatable bonds is 5. The van der Waals surface area contributed by atoms with Crippen molar-refractivity contribution in [2.24, 2.45) is 5.16 Å². The molecule has 3 aromatic rings. The van der Waals surface area contributed by atoms with Crippen LogP contribution < -0.4 is 0 Å². The van der Waals surface area contributed by atoms with Gasteiger partial charge in [-0.25, -0.2) is 0 Å². The van der Waals surface area contributed by atoms with Gasteiger partial charge in [0.1, 0.15) is 12.3 Å². The fourth-order valence-electron chi connectivity index (χ4n) is 2.90. The zero-order valence-corrected chi connectivity index (χ0v) is 16.4. The molecule has 3 aromatic carbocycles. The Bertz CT molecular complexity index is 1080. The van der Waals surface area contributed by atoms with Crippen molar-refractivity contribution in [1.29, 1.82) is 0 Å². The predicted octanol–water partition coefficient (Wildman–Crippen LogP) is 7.35. The molecule has 0 aliphatic rings. The van der Waals surface area contributed by atoms with Gasteiger partial charge < -0.3 is 4.84 Å². The van der Waals surface area contributed by atoms with E-state index in [0.29, 0.717) is 0 Å². The third kappa shape index (κ3) is 5.58. The van der Waals surface area contributed by atoms with Crippen LogP contribution >= 0.6 is 11.6 Å². The van der Waals surface area contributed by atoms with Gasteiger partial charge in [0, 0.05) is 21.7 Å². The first-order chi connectivity index (χ1) is 14.6. The van der Waals surface area contributed by atoms with Gasteiger partial charge in [0.15, 0.2) is 0 Å². The Kier molecular flexibility index (Phi) is 6.59. The summed E-state index contributed by atoms with van der Waals surface area (Å²) in [6, 6.07) is 15.6. The monoisotopic (exact) mass is 457 g/mol. The van der Waals surface area contributed by atoms with Crippen LogP contribution in [0, 0.1) is 0 Å². The summed E-state index contributed by atoms with van der Waals surface area (Å²) in [5.74, 6) is 0. The van der Waals surface area contributed by atoms with Crippen LogP contribution in [0.3, 0.4) is 0 Å². The van der Waals surface area contributed by atoms with Crippen LogP contribution in [0.15, 0.2) is 78.0 Å². The Balaban J connectivity index is 2.04. The van der Waals surface area contributed by atoms with Crippen LogP contribution in [-0.2, 0) is 23.8 Å². The maximum atomic E-state index is 13.6. The van der Waals surface area contributed by atoms with Crippen LogP contribution in [0.5, 0.6) is 0 Å². The molecule has 0 heterocycles. The topological polar surface area (TPSA) is 21.6 Å². The summed E-state index contributed by atoms with van der Waals surface area (Å²) >= 11 is 5.91. The molecule has 0 fully saturated rings. The largest absolute Gasteiger partial charge is 0.417 e. The molecule has 0 saturated heterocycles. The van der Waals surface area contributed by atoms with Crippen molar-refractivity contribution >= 4 is 17.3 Å². The number of alkyl halides is 6. The van der Waals surface area contributed by atoms with Gasteiger partial charge in [-0.15, -0.1) is 0 Å². The Morgan fingerprint density at radius 1 is 0.774 bits per heavy atom. The number of hydrogen-bond donors (Lipinski definition) is 0. The van der Waals surface area contributed by atoms with E-state index in [1.165, 1.54) is 30.3 Å². The van der Waals surface area contributed by atoms with Gasteiger partial charge in [0.2, 0.25) is 0 Å². The zero-order valence-electron chi connectivity index (χ0n) is 15.6. The normalized spacial score (nSPS) is 12.7. The molecule has 0 unspecified atom stereocenters. The molecule has 0 aliphatic carbocycles. The molecule has 2 nitrogen and oxygen atoms in total. The quantitative estimate of drug-likeness (QED) is 0.223. The van der Waals surface area contributed by atoms with Crippen molar-refractivity contribution < 1.29 is 31.2 Å². The van der Waals surface area contributed by atoms with E-state index >= 15 is 0 Å². The summed E-state index contributed by atoms with van der Waals surface area (Å²) in [7, 11) is 0. The van der Waals surface area contributed by atoms with Crippen molar-refractivity contribution in [2.75, 3.05) is 0 Å². The maximum absolute atomic E-state index is 13.6. The van der Waals surface area contributed by atoms with Crippen LogP contribution in [0.1, 0.15) is 27.8 Å². The molecule has 0 saturated carbocycles. The van der Waals surface area contributed by atoms with Gasteiger partial charge in [-0.3, -0.25) is 0 Å². The molecule has 0 radical (unpaired) electrons. The van der Waals surface area contributed by atoms with Crippen molar-refractivity contribution in [1.82, 2.24) is 0 Å². The molecular weight excluding hydrogens is 444 g/mol. The summed E-state index contributed by atoms with van der Waals surface area (Å²) in [6.07, 6.45) is -9.32.